The van der Waals surface area contributed by atoms with Crippen LogP contribution in [0, 0.1) is 0 Å². The molecule has 1 aromatic carbocycles. The molecule has 0 unspecified atom stereocenters. The highest BCUT2D eigenvalue weighted by Crippen LogP contribution is 2.25. The Morgan fingerprint density at radius 2 is 1.94 bits per heavy atom. The zero-order chi connectivity index (χ0) is 13.5. The van der Waals surface area contributed by atoms with Crippen molar-refractivity contribution >= 4 is 27.7 Å². The third-order valence-electron chi connectivity index (χ3n) is 2.20. The molecule has 0 aromatic heterocycles. The smallest absolute Gasteiger partial charge is 0.251 e. The summed E-state index contributed by atoms with van der Waals surface area (Å²) in [5, 5.41) is 5.30. The van der Waals surface area contributed by atoms with Crippen LogP contribution in [0.3, 0.4) is 0 Å². The lowest BCUT2D eigenvalue weighted by Crippen LogP contribution is -2.33. The molecule has 0 aliphatic rings. The lowest BCUT2D eigenvalue weighted by Gasteiger charge is -2.08. The quantitative estimate of drug-likeness (QED) is 0.806. The molecule has 2 amide bonds. The molecule has 0 bridgehead atoms. The zero-order valence-corrected chi connectivity index (χ0v) is 11.8. The number of rotatable bonds is 5. The first-order chi connectivity index (χ1) is 8.54. The van der Waals surface area contributed by atoms with E-state index in [0.29, 0.717) is 24.4 Å². The number of hydrogen-bond donors (Lipinski definition) is 2. The Labute approximate surface area is 114 Å². The van der Waals surface area contributed by atoms with Crippen LogP contribution in [0.15, 0.2) is 22.7 Å². The normalized spacial score (nSPS) is 9.72. The van der Waals surface area contributed by atoms with Crippen molar-refractivity contribution in [1.82, 2.24) is 10.6 Å². The number of ether oxygens (including phenoxy) is 1. The predicted molar refractivity (Wildman–Crippen MR) is 71.7 cm³/mol. The van der Waals surface area contributed by atoms with Crippen LogP contribution >= 0.6 is 15.9 Å². The van der Waals surface area contributed by atoms with Crippen LogP contribution in [0.25, 0.3) is 0 Å². The molecular formula is C12H15BrN2O3. The average Bonchev–Trinajstić information content (AvgIpc) is 2.34. The Morgan fingerprint density at radius 1 is 1.28 bits per heavy atom. The van der Waals surface area contributed by atoms with Crippen LogP contribution in [-0.2, 0) is 4.79 Å². The second-order valence-corrected chi connectivity index (χ2v) is 4.44. The Bertz CT molecular complexity index is 449. The van der Waals surface area contributed by atoms with Crippen molar-refractivity contribution in [3.05, 3.63) is 28.2 Å². The van der Waals surface area contributed by atoms with Crippen molar-refractivity contribution in [3.8, 4) is 5.75 Å². The Hall–Kier alpha value is -1.56. The molecule has 0 atom stereocenters. The number of hydrogen-bond acceptors (Lipinski definition) is 3. The second-order valence-electron chi connectivity index (χ2n) is 3.59. The van der Waals surface area contributed by atoms with Gasteiger partial charge in [0.2, 0.25) is 5.91 Å². The molecule has 0 aliphatic carbocycles. The van der Waals surface area contributed by atoms with Crippen molar-refractivity contribution in [2.75, 3.05) is 20.2 Å². The van der Waals surface area contributed by atoms with Crippen LogP contribution in [0.4, 0.5) is 0 Å². The molecule has 0 saturated heterocycles. The maximum atomic E-state index is 11.8. The third-order valence-corrected chi connectivity index (χ3v) is 2.82. The van der Waals surface area contributed by atoms with E-state index in [-0.39, 0.29) is 11.8 Å². The number of carbonyl (C=O) groups excluding carboxylic acids is 2. The van der Waals surface area contributed by atoms with Gasteiger partial charge in [0, 0.05) is 25.6 Å². The molecule has 6 heteroatoms. The van der Waals surface area contributed by atoms with Crippen molar-refractivity contribution in [2.45, 2.75) is 6.92 Å². The van der Waals surface area contributed by atoms with Gasteiger partial charge in [0.1, 0.15) is 5.75 Å². The van der Waals surface area contributed by atoms with E-state index < -0.39 is 0 Å². The SMILES string of the molecule is COc1ccc(C(=O)NCCNC(C)=O)cc1Br. The minimum atomic E-state index is -0.191. The molecule has 18 heavy (non-hydrogen) atoms. The summed E-state index contributed by atoms with van der Waals surface area (Å²) in [6, 6.07) is 5.08. The predicted octanol–water partition coefficient (Wildman–Crippen LogP) is 1.32. The molecular weight excluding hydrogens is 300 g/mol. The second kappa shape index (κ2) is 7.00. The van der Waals surface area contributed by atoms with Crippen LogP contribution in [0.2, 0.25) is 0 Å². The van der Waals surface area contributed by atoms with Crippen molar-refractivity contribution in [3.63, 3.8) is 0 Å². The lowest BCUT2D eigenvalue weighted by molar-refractivity contribution is -0.118. The number of methoxy groups -OCH3 is 1. The maximum Gasteiger partial charge on any atom is 0.251 e. The third kappa shape index (κ3) is 4.37. The summed E-state index contributed by atoms with van der Waals surface area (Å²) in [6.07, 6.45) is 0. The summed E-state index contributed by atoms with van der Waals surface area (Å²) < 4.78 is 5.80. The van der Waals surface area contributed by atoms with Gasteiger partial charge in [-0.25, -0.2) is 0 Å². The van der Waals surface area contributed by atoms with Gasteiger partial charge in [0.25, 0.3) is 5.91 Å². The lowest BCUT2D eigenvalue weighted by atomic mass is 10.2. The number of halogens is 1. The number of carbonyl (C=O) groups is 2. The summed E-state index contributed by atoms with van der Waals surface area (Å²) >= 11 is 3.31. The highest BCUT2D eigenvalue weighted by atomic mass is 79.9. The Balaban J connectivity index is 2.51. The fourth-order valence-corrected chi connectivity index (χ4v) is 1.86. The summed E-state index contributed by atoms with van der Waals surface area (Å²) in [6.45, 7) is 2.24. The maximum absolute atomic E-state index is 11.8. The molecule has 1 aromatic rings. The number of benzene rings is 1. The number of amides is 2. The standard InChI is InChI=1S/C12H15BrN2O3/c1-8(16)14-5-6-15-12(17)9-3-4-11(18-2)10(13)7-9/h3-4,7H,5-6H2,1-2H3,(H,14,16)(H,15,17). The van der Waals surface area contributed by atoms with E-state index in [2.05, 4.69) is 26.6 Å². The minimum absolute atomic E-state index is 0.114. The molecule has 0 fully saturated rings. The molecule has 0 spiro atoms. The molecule has 0 radical (unpaired) electrons. The van der Waals surface area contributed by atoms with Crippen molar-refractivity contribution in [1.29, 1.82) is 0 Å². The Kier molecular flexibility index (Phi) is 5.64. The van der Waals surface area contributed by atoms with Crippen molar-refractivity contribution < 1.29 is 14.3 Å². The van der Waals surface area contributed by atoms with E-state index in [4.69, 9.17) is 4.74 Å². The molecule has 1 rings (SSSR count). The molecule has 0 saturated carbocycles. The van der Waals surface area contributed by atoms with Gasteiger partial charge in [-0.1, -0.05) is 0 Å². The van der Waals surface area contributed by atoms with E-state index in [0.717, 1.165) is 4.47 Å². The summed E-state index contributed by atoms with van der Waals surface area (Å²) in [4.78, 5) is 22.4. The van der Waals surface area contributed by atoms with Gasteiger partial charge in [-0.3, -0.25) is 9.59 Å². The first kappa shape index (κ1) is 14.5. The summed E-state index contributed by atoms with van der Waals surface area (Å²) in [7, 11) is 1.56. The minimum Gasteiger partial charge on any atom is -0.496 e. The largest absolute Gasteiger partial charge is 0.496 e. The van der Waals surface area contributed by atoms with E-state index in [1.54, 1.807) is 25.3 Å². The first-order valence-corrected chi connectivity index (χ1v) is 6.20. The molecule has 98 valence electrons. The van der Waals surface area contributed by atoms with Crippen LogP contribution in [0.1, 0.15) is 17.3 Å². The average molecular weight is 315 g/mol. The van der Waals surface area contributed by atoms with Crippen LogP contribution < -0.4 is 15.4 Å². The number of nitrogens with one attached hydrogen (secondary N) is 2. The van der Waals surface area contributed by atoms with Crippen molar-refractivity contribution in [2.24, 2.45) is 0 Å². The Morgan fingerprint density at radius 3 is 2.50 bits per heavy atom. The van der Waals surface area contributed by atoms with Gasteiger partial charge in [-0.2, -0.15) is 0 Å². The first-order valence-electron chi connectivity index (χ1n) is 5.40. The summed E-state index contributed by atoms with van der Waals surface area (Å²) in [5.74, 6) is 0.366. The highest BCUT2D eigenvalue weighted by molar-refractivity contribution is 9.10. The topological polar surface area (TPSA) is 67.4 Å². The van der Waals surface area contributed by atoms with Gasteiger partial charge in [0.15, 0.2) is 0 Å². The molecule has 5 nitrogen and oxygen atoms in total. The molecule has 2 N–H and O–H groups in total. The fraction of sp³-hybridized carbons (Fsp3) is 0.333. The fourth-order valence-electron chi connectivity index (χ4n) is 1.32. The monoisotopic (exact) mass is 314 g/mol. The molecule has 0 aliphatic heterocycles. The van der Waals surface area contributed by atoms with Crippen LogP contribution in [0.5, 0.6) is 5.75 Å². The van der Waals surface area contributed by atoms with E-state index in [9.17, 15) is 9.59 Å². The van der Waals surface area contributed by atoms with Gasteiger partial charge in [0.05, 0.1) is 11.6 Å². The summed E-state index contributed by atoms with van der Waals surface area (Å²) in [5.41, 5.74) is 0.533. The van der Waals surface area contributed by atoms with E-state index in [1.165, 1.54) is 6.92 Å². The molecule has 0 heterocycles. The van der Waals surface area contributed by atoms with Gasteiger partial charge in [-0.15, -0.1) is 0 Å². The van der Waals surface area contributed by atoms with E-state index >= 15 is 0 Å². The highest BCUT2D eigenvalue weighted by Gasteiger charge is 2.08. The van der Waals surface area contributed by atoms with Crippen LogP contribution in [-0.4, -0.2) is 32.0 Å². The zero-order valence-electron chi connectivity index (χ0n) is 10.2. The van der Waals surface area contributed by atoms with E-state index in [1.807, 2.05) is 0 Å². The van der Waals surface area contributed by atoms with Gasteiger partial charge < -0.3 is 15.4 Å². The van der Waals surface area contributed by atoms with Gasteiger partial charge in [-0.05, 0) is 34.1 Å². The van der Waals surface area contributed by atoms with Gasteiger partial charge >= 0.3 is 0 Å².